The summed E-state index contributed by atoms with van der Waals surface area (Å²) < 4.78 is 13.2. The molecule has 0 bridgehead atoms. The molecule has 0 fully saturated rings. The normalized spacial score (nSPS) is 11.6. The van der Waals surface area contributed by atoms with Crippen LogP contribution in [0.3, 0.4) is 0 Å². The summed E-state index contributed by atoms with van der Waals surface area (Å²) in [5, 5.41) is 23.6. The predicted molar refractivity (Wildman–Crippen MR) is 123 cm³/mol. The minimum atomic E-state index is -0.232. The van der Waals surface area contributed by atoms with E-state index in [-0.39, 0.29) is 11.2 Å². The second-order valence-electron chi connectivity index (χ2n) is 8.10. The Kier molecular flexibility index (Phi) is 5.81. The van der Waals surface area contributed by atoms with Crippen molar-refractivity contribution in [3.8, 4) is 11.3 Å². The van der Waals surface area contributed by atoms with Crippen LogP contribution in [-0.2, 0) is 5.41 Å². The number of nitrogens with zero attached hydrogens (tertiary/aromatic N) is 3. The van der Waals surface area contributed by atoms with Gasteiger partial charge < -0.3 is 16.4 Å². The van der Waals surface area contributed by atoms with E-state index in [1.807, 2.05) is 42.5 Å². The number of anilines is 2. The lowest BCUT2D eigenvalue weighted by Gasteiger charge is -2.25. The summed E-state index contributed by atoms with van der Waals surface area (Å²) in [5.74, 6) is 1.23. The first-order chi connectivity index (χ1) is 15.0. The van der Waals surface area contributed by atoms with Gasteiger partial charge in [-0.3, -0.25) is 5.10 Å². The first kappa shape index (κ1) is 20.7. The number of nitrogens with one attached hydrogen (secondary N) is 3. The lowest BCUT2D eigenvalue weighted by Crippen LogP contribution is -2.28. The molecule has 0 radical (unpaired) electrons. The molecule has 0 aliphatic carbocycles. The number of nitrogens with two attached hydrogens (primary N) is 1. The van der Waals surface area contributed by atoms with Crippen LogP contribution >= 0.6 is 0 Å². The third-order valence-corrected chi connectivity index (χ3v) is 5.30. The highest BCUT2D eigenvalue weighted by atomic mass is 19.1. The molecule has 2 heterocycles. The van der Waals surface area contributed by atoms with E-state index in [0.717, 1.165) is 33.5 Å². The Morgan fingerprint density at radius 3 is 2.52 bits per heavy atom. The number of hydrogen-bond donors (Lipinski definition) is 4. The highest BCUT2D eigenvalue weighted by Crippen LogP contribution is 2.27. The Labute approximate surface area is 180 Å². The number of rotatable bonds is 8. The third-order valence-electron chi connectivity index (χ3n) is 5.30. The molecule has 2 aromatic carbocycles. The van der Waals surface area contributed by atoms with Crippen molar-refractivity contribution in [2.24, 2.45) is 5.73 Å². The number of fused-ring (bicyclic) bond motifs is 1. The van der Waals surface area contributed by atoms with Crippen molar-refractivity contribution in [2.75, 3.05) is 30.3 Å². The Hall–Kier alpha value is -3.52. The summed E-state index contributed by atoms with van der Waals surface area (Å²) in [6.45, 7) is 6.03. The second kappa shape index (κ2) is 8.69. The van der Waals surface area contributed by atoms with Crippen LogP contribution in [0, 0.1) is 5.82 Å². The first-order valence-electron chi connectivity index (χ1n) is 10.2. The zero-order valence-electron chi connectivity index (χ0n) is 17.6. The fraction of sp³-hybridized carbons (Fsp3) is 0.261. The van der Waals surface area contributed by atoms with E-state index in [4.69, 9.17) is 5.73 Å². The summed E-state index contributed by atoms with van der Waals surface area (Å²) in [6, 6.07) is 16.4. The molecule has 7 nitrogen and oxygen atoms in total. The average molecular weight is 420 g/mol. The highest BCUT2D eigenvalue weighted by molar-refractivity contribution is 5.92. The second-order valence-corrected chi connectivity index (χ2v) is 8.10. The van der Waals surface area contributed by atoms with E-state index >= 15 is 0 Å². The predicted octanol–water partition coefficient (Wildman–Crippen LogP) is 3.92. The molecule has 31 heavy (non-hydrogen) atoms. The van der Waals surface area contributed by atoms with Crippen LogP contribution in [0.5, 0.6) is 0 Å². The van der Waals surface area contributed by atoms with Crippen molar-refractivity contribution >= 4 is 22.5 Å². The van der Waals surface area contributed by atoms with Gasteiger partial charge in [0.2, 0.25) is 0 Å². The van der Waals surface area contributed by atoms with Gasteiger partial charge in [-0.15, -0.1) is 10.2 Å². The Morgan fingerprint density at radius 2 is 1.81 bits per heavy atom. The van der Waals surface area contributed by atoms with Crippen molar-refractivity contribution < 1.29 is 4.39 Å². The molecule has 4 rings (SSSR count). The molecule has 0 unspecified atom stereocenters. The van der Waals surface area contributed by atoms with Crippen molar-refractivity contribution in [2.45, 2.75) is 19.3 Å². The van der Waals surface area contributed by atoms with Crippen molar-refractivity contribution in [3.05, 3.63) is 66.0 Å². The highest BCUT2D eigenvalue weighted by Gasteiger charge is 2.20. The molecule has 2 aromatic heterocycles. The largest absolute Gasteiger partial charge is 0.368 e. The molecule has 0 saturated heterocycles. The van der Waals surface area contributed by atoms with Gasteiger partial charge in [-0.2, -0.15) is 5.10 Å². The molecule has 0 aliphatic rings. The molecular formula is C23H26FN7. The van der Waals surface area contributed by atoms with Gasteiger partial charge in [0, 0.05) is 36.0 Å². The van der Waals surface area contributed by atoms with Crippen molar-refractivity contribution in [1.29, 1.82) is 0 Å². The molecule has 160 valence electrons. The molecule has 0 aliphatic heterocycles. The number of aromatic nitrogens is 4. The summed E-state index contributed by atoms with van der Waals surface area (Å²) in [6.07, 6.45) is 0. The van der Waals surface area contributed by atoms with E-state index in [2.05, 4.69) is 44.9 Å². The van der Waals surface area contributed by atoms with Crippen LogP contribution < -0.4 is 16.4 Å². The molecule has 8 heteroatoms. The van der Waals surface area contributed by atoms with Crippen LogP contribution in [0.1, 0.15) is 19.4 Å². The fourth-order valence-corrected chi connectivity index (χ4v) is 3.39. The molecule has 0 spiro atoms. The third kappa shape index (κ3) is 4.64. The fourth-order valence-electron chi connectivity index (χ4n) is 3.39. The number of benzene rings is 2. The van der Waals surface area contributed by atoms with Gasteiger partial charge in [-0.1, -0.05) is 32.0 Å². The quantitative estimate of drug-likeness (QED) is 0.345. The maximum absolute atomic E-state index is 13.2. The Bertz CT molecular complexity index is 1150. The molecular weight excluding hydrogens is 393 g/mol. The first-order valence-corrected chi connectivity index (χ1v) is 10.2. The molecule has 0 atom stereocenters. The van der Waals surface area contributed by atoms with Crippen LogP contribution in [0.4, 0.5) is 16.0 Å². The molecule has 4 aromatic rings. The molecule has 0 saturated carbocycles. The molecule has 0 amide bonds. The summed E-state index contributed by atoms with van der Waals surface area (Å²) in [4.78, 5) is 0. The van der Waals surface area contributed by atoms with Crippen molar-refractivity contribution in [3.63, 3.8) is 0 Å². The maximum atomic E-state index is 13.2. The Balaban J connectivity index is 1.47. The van der Waals surface area contributed by atoms with Gasteiger partial charge in [0.15, 0.2) is 5.82 Å². The zero-order valence-corrected chi connectivity index (χ0v) is 17.6. The van der Waals surface area contributed by atoms with E-state index in [0.29, 0.717) is 25.5 Å². The maximum Gasteiger partial charge on any atom is 0.155 e. The van der Waals surface area contributed by atoms with E-state index in [1.165, 1.54) is 12.1 Å². The van der Waals surface area contributed by atoms with E-state index in [9.17, 15) is 4.39 Å². The van der Waals surface area contributed by atoms with Gasteiger partial charge in [0.05, 0.1) is 11.2 Å². The average Bonchev–Trinajstić information content (AvgIpc) is 3.19. The minimum absolute atomic E-state index is 0.187. The number of halogens is 1. The number of aromatic amines is 1. The summed E-state index contributed by atoms with van der Waals surface area (Å²) in [7, 11) is 0. The van der Waals surface area contributed by atoms with Gasteiger partial charge in [0.25, 0.3) is 0 Å². The SMILES string of the molecule is CC(C)(CNc1ccc(-c2ccc3[nH]nc(NCCN)c3c2)nn1)c1ccc(F)cc1. The smallest absolute Gasteiger partial charge is 0.155 e. The van der Waals surface area contributed by atoms with Gasteiger partial charge in [0.1, 0.15) is 11.6 Å². The lowest BCUT2D eigenvalue weighted by molar-refractivity contribution is 0.552. The van der Waals surface area contributed by atoms with Crippen LogP contribution in [-0.4, -0.2) is 40.0 Å². The zero-order chi connectivity index (χ0) is 21.8. The minimum Gasteiger partial charge on any atom is -0.368 e. The van der Waals surface area contributed by atoms with Gasteiger partial charge in [-0.05, 0) is 42.0 Å². The number of H-pyrrole nitrogens is 1. The standard InChI is InChI=1S/C23H26FN7/c1-23(2,16-4-6-17(24)7-5-16)14-27-21-10-9-19(28-30-21)15-3-8-20-18(13-15)22(31-29-20)26-12-11-25/h3-10,13H,11-12,14,25H2,1-2H3,(H,27,30)(H2,26,29,31). The molecule has 5 N–H and O–H groups in total. The van der Waals surface area contributed by atoms with Crippen LogP contribution in [0.15, 0.2) is 54.6 Å². The summed E-state index contributed by atoms with van der Waals surface area (Å²) >= 11 is 0. The Morgan fingerprint density at radius 1 is 1.00 bits per heavy atom. The van der Waals surface area contributed by atoms with E-state index in [1.54, 1.807) is 0 Å². The lowest BCUT2D eigenvalue weighted by atomic mass is 9.84. The van der Waals surface area contributed by atoms with Crippen LogP contribution in [0.2, 0.25) is 0 Å². The van der Waals surface area contributed by atoms with Gasteiger partial charge in [-0.25, -0.2) is 4.39 Å². The topological polar surface area (TPSA) is 105 Å². The van der Waals surface area contributed by atoms with Crippen molar-refractivity contribution in [1.82, 2.24) is 20.4 Å². The summed E-state index contributed by atoms with van der Waals surface area (Å²) in [5.41, 5.74) is 9.11. The van der Waals surface area contributed by atoms with E-state index < -0.39 is 0 Å². The van der Waals surface area contributed by atoms with Crippen LogP contribution in [0.25, 0.3) is 22.2 Å². The number of hydrogen-bond acceptors (Lipinski definition) is 6. The van der Waals surface area contributed by atoms with Gasteiger partial charge >= 0.3 is 0 Å². The monoisotopic (exact) mass is 419 g/mol.